The highest BCUT2D eigenvalue weighted by molar-refractivity contribution is 6.34. The van der Waals surface area contributed by atoms with Gasteiger partial charge in [0.15, 0.2) is 0 Å². The fourth-order valence-corrected chi connectivity index (χ4v) is 5.03. The molecule has 0 spiro atoms. The second kappa shape index (κ2) is 18.6. The van der Waals surface area contributed by atoms with E-state index < -0.39 is 5.97 Å². The summed E-state index contributed by atoms with van der Waals surface area (Å²) >= 11 is 12.0. The van der Waals surface area contributed by atoms with Crippen molar-refractivity contribution in [3.63, 3.8) is 0 Å². The van der Waals surface area contributed by atoms with E-state index in [1.807, 2.05) is 65.8 Å². The van der Waals surface area contributed by atoms with Crippen molar-refractivity contribution < 1.29 is 33.2 Å². The van der Waals surface area contributed by atoms with Crippen molar-refractivity contribution in [2.24, 2.45) is 0 Å². The third kappa shape index (κ3) is 11.1. The number of halogens is 2. The molecule has 276 valence electrons. The summed E-state index contributed by atoms with van der Waals surface area (Å²) in [7, 11) is 0. The number of carbonyl (C=O) groups is 2. The molecule has 4 N–H and O–H groups in total. The maximum atomic E-state index is 12.4. The number of rotatable bonds is 9. The Morgan fingerprint density at radius 3 is 1.55 bits per heavy atom. The first-order valence-corrected chi connectivity index (χ1v) is 17.1. The lowest BCUT2D eigenvalue weighted by Gasteiger charge is -2.10. The molecule has 0 bridgehead atoms. The lowest BCUT2D eigenvalue weighted by Crippen LogP contribution is -2.12. The lowest BCUT2D eigenvalue weighted by atomic mass is 10.1. The van der Waals surface area contributed by atoms with E-state index in [1.165, 1.54) is 12.1 Å². The van der Waals surface area contributed by atoms with Crippen molar-refractivity contribution in [1.29, 1.82) is 0 Å². The molecule has 0 fully saturated rings. The van der Waals surface area contributed by atoms with Gasteiger partial charge in [0.05, 0.1) is 49.5 Å². The largest absolute Gasteiger partial charge is 0.489 e. The zero-order valence-corrected chi connectivity index (χ0v) is 31.6. The first-order valence-electron chi connectivity index (χ1n) is 16.3. The molecule has 6 rings (SSSR count). The van der Waals surface area contributed by atoms with E-state index in [9.17, 15) is 9.59 Å². The number of aryl methyl sites for hydroxylation is 6. The number of ether oxygens (including phenoxy) is 2. The molecule has 53 heavy (non-hydrogen) atoms. The molecule has 0 saturated carbocycles. The van der Waals surface area contributed by atoms with Crippen LogP contribution >= 0.6 is 23.2 Å². The molecule has 0 saturated heterocycles. The average Bonchev–Trinajstić information content (AvgIpc) is 3.65. The number of nitrogens with zero attached hydrogens (tertiary/aromatic N) is 2. The van der Waals surface area contributed by atoms with Gasteiger partial charge in [0.2, 0.25) is 0 Å². The van der Waals surface area contributed by atoms with Crippen molar-refractivity contribution in [1.82, 2.24) is 10.3 Å². The molecule has 0 unspecified atom stereocenters. The van der Waals surface area contributed by atoms with Gasteiger partial charge >= 0.3 is 5.97 Å². The van der Waals surface area contributed by atoms with E-state index in [-0.39, 0.29) is 11.5 Å². The Hall–Kier alpha value is -5.78. The van der Waals surface area contributed by atoms with Gasteiger partial charge in [-0.05, 0) is 113 Å². The summed E-state index contributed by atoms with van der Waals surface area (Å²) < 4.78 is 21.4. The van der Waals surface area contributed by atoms with E-state index in [4.69, 9.17) is 52.6 Å². The van der Waals surface area contributed by atoms with Crippen LogP contribution in [0.3, 0.4) is 0 Å². The minimum atomic E-state index is -0.952. The maximum Gasteiger partial charge on any atom is 0.335 e. The quantitative estimate of drug-likeness (QED) is 0.121. The number of carbonyl (C=O) groups excluding carboxylic acids is 1. The van der Waals surface area contributed by atoms with Gasteiger partial charge in [0, 0.05) is 5.56 Å². The number of nitrogen functional groups attached to an aromatic ring is 1. The van der Waals surface area contributed by atoms with Gasteiger partial charge in [-0.25, -0.2) is 4.79 Å². The number of hydrogen-bond donors (Lipinski definition) is 3. The third-order valence-electron chi connectivity index (χ3n) is 8.01. The second-order valence-electron chi connectivity index (χ2n) is 11.9. The third-order valence-corrected chi connectivity index (χ3v) is 9.03. The molecule has 1 amide bonds. The predicted octanol–water partition coefficient (Wildman–Crippen LogP) is 9.88. The number of nitrogens with two attached hydrogens (primary N) is 1. The van der Waals surface area contributed by atoms with E-state index >= 15 is 0 Å². The van der Waals surface area contributed by atoms with Crippen molar-refractivity contribution in [2.45, 2.75) is 54.8 Å². The second-order valence-corrected chi connectivity index (χ2v) is 12.7. The maximum absolute atomic E-state index is 12.4. The fourth-order valence-electron chi connectivity index (χ4n) is 4.73. The highest BCUT2D eigenvalue weighted by Gasteiger charge is 2.13. The van der Waals surface area contributed by atoms with Crippen molar-refractivity contribution in [3.8, 4) is 11.5 Å². The smallest absolute Gasteiger partial charge is 0.335 e. The topological polar surface area (TPSA) is 163 Å². The summed E-state index contributed by atoms with van der Waals surface area (Å²) in [5.74, 6) is 1.57. The van der Waals surface area contributed by atoms with Crippen LogP contribution in [0.15, 0.2) is 94.0 Å². The summed E-state index contributed by atoms with van der Waals surface area (Å²) in [5, 5.41) is 20.5. The van der Waals surface area contributed by atoms with Gasteiger partial charge in [-0.3, -0.25) is 4.79 Å². The van der Waals surface area contributed by atoms with Gasteiger partial charge in [-0.2, -0.15) is 0 Å². The Morgan fingerprint density at radius 1 is 0.679 bits per heavy atom. The van der Waals surface area contributed by atoms with E-state index in [1.54, 1.807) is 48.5 Å². The van der Waals surface area contributed by atoms with Crippen LogP contribution in [0.4, 0.5) is 11.4 Å². The number of anilines is 2. The molecule has 0 aliphatic rings. The normalized spacial score (nSPS) is 10.3. The number of amides is 1. The number of aromatic carboxylic acids is 1. The molecule has 11 nitrogen and oxygen atoms in total. The number of carboxylic acid groups (broad SMARTS) is 1. The highest BCUT2D eigenvalue weighted by Crippen LogP contribution is 2.26. The van der Waals surface area contributed by atoms with Gasteiger partial charge < -0.3 is 34.7 Å². The Balaban J connectivity index is 0.000000200. The van der Waals surface area contributed by atoms with Crippen LogP contribution in [0.2, 0.25) is 10.0 Å². The lowest BCUT2D eigenvalue weighted by molar-refractivity contribution is 0.0696. The predicted molar refractivity (Wildman–Crippen MR) is 205 cm³/mol. The molecule has 0 aliphatic heterocycles. The molecule has 0 atom stereocenters. The molecule has 4 aromatic carbocycles. The molecule has 0 aliphatic carbocycles. The van der Waals surface area contributed by atoms with Gasteiger partial charge in [-0.15, -0.1) is 0 Å². The summed E-state index contributed by atoms with van der Waals surface area (Å²) in [5.41, 5.74) is 12.9. The van der Waals surface area contributed by atoms with E-state index in [2.05, 4.69) is 15.6 Å². The van der Waals surface area contributed by atoms with Gasteiger partial charge in [-0.1, -0.05) is 57.8 Å². The Morgan fingerprint density at radius 2 is 1.13 bits per heavy atom. The number of carboxylic acids is 1. The van der Waals surface area contributed by atoms with Crippen LogP contribution in [0.25, 0.3) is 0 Å². The van der Waals surface area contributed by atoms with Crippen LogP contribution in [0.5, 0.6) is 11.5 Å². The Kier molecular flexibility index (Phi) is 14.1. The van der Waals surface area contributed by atoms with Crippen LogP contribution in [0, 0.1) is 41.5 Å². The SMILES string of the molecule is Cc1cccc(N)c1Cl.Cc1cccc(NC(=O)c2ccc(OCc3c(C)noc3C)cc2)c1Cl.Cc1noc(C)c1COc1ccc(C(=O)O)cc1. The minimum absolute atomic E-state index is 0.227. The first-order chi connectivity index (χ1) is 25.2. The van der Waals surface area contributed by atoms with Gasteiger partial charge in [0.1, 0.15) is 36.2 Å². The van der Waals surface area contributed by atoms with Crippen LogP contribution in [-0.4, -0.2) is 27.3 Å². The summed E-state index contributed by atoms with van der Waals surface area (Å²) in [6.07, 6.45) is 0. The van der Waals surface area contributed by atoms with E-state index in [0.29, 0.717) is 51.7 Å². The molecule has 2 heterocycles. The van der Waals surface area contributed by atoms with Crippen molar-refractivity contribution in [2.75, 3.05) is 11.1 Å². The summed E-state index contributed by atoms with van der Waals surface area (Å²) in [4.78, 5) is 23.1. The van der Waals surface area contributed by atoms with Gasteiger partial charge in [0.25, 0.3) is 5.91 Å². The Labute approximate surface area is 317 Å². The van der Waals surface area contributed by atoms with Crippen molar-refractivity contribution >= 4 is 46.5 Å². The Bertz CT molecular complexity index is 2100. The molecule has 0 radical (unpaired) electrons. The zero-order chi connectivity index (χ0) is 38.7. The zero-order valence-electron chi connectivity index (χ0n) is 30.1. The summed E-state index contributed by atoms with van der Waals surface area (Å²) in [6, 6.07) is 24.3. The molecule has 2 aromatic heterocycles. The molecule has 13 heteroatoms. The average molecular weight is 760 g/mol. The molecule has 6 aromatic rings. The standard InChI is InChI=1S/C20H19ClN2O3.C13H13NO4.C7H8ClN/c1-12-5-4-6-18(19(12)21)22-20(24)15-7-9-16(10-8-15)25-11-17-13(2)23-26-14(17)3;1-8-12(9(2)18-14-8)7-17-11-5-3-10(4-6-11)13(15)16;1-5-3-2-4-6(9)7(5)8/h4-10H,11H2,1-3H3,(H,22,24);3-6H,7H2,1-2H3,(H,15,16);2-4H,9H2,1H3. The fraction of sp³-hybridized carbons (Fsp3) is 0.200. The number of benzene rings is 4. The molecular weight excluding hydrogens is 719 g/mol. The molecular formula is C40H40Cl2N4O7. The monoisotopic (exact) mass is 758 g/mol. The first kappa shape index (κ1) is 40.0. The number of nitrogens with one attached hydrogen (secondary N) is 1. The van der Waals surface area contributed by atoms with Crippen molar-refractivity contribution in [3.05, 3.63) is 151 Å². The summed E-state index contributed by atoms with van der Waals surface area (Å²) in [6.45, 7) is 11.9. The van der Waals surface area contributed by atoms with Crippen LogP contribution < -0.4 is 20.5 Å². The number of aromatic nitrogens is 2. The van der Waals surface area contributed by atoms with Crippen LogP contribution in [0.1, 0.15) is 65.9 Å². The highest BCUT2D eigenvalue weighted by atomic mass is 35.5. The number of hydrogen-bond acceptors (Lipinski definition) is 9. The van der Waals surface area contributed by atoms with E-state index in [0.717, 1.165) is 45.2 Å². The minimum Gasteiger partial charge on any atom is -0.489 e. The van der Waals surface area contributed by atoms with Crippen LogP contribution in [-0.2, 0) is 13.2 Å².